The van der Waals surface area contributed by atoms with E-state index in [0.29, 0.717) is 12.1 Å². The molecule has 0 aliphatic carbocycles. The molecule has 0 amide bonds. The van der Waals surface area contributed by atoms with Gasteiger partial charge in [0.2, 0.25) is 10.0 Å². The van der Waals surface area contributed by atoms with Gasteiger partial charge in [-0.2, -0.15) is 26.3 Å². The minimum atomic E-state index is -5.48. The fraction of sp³-hybridized carbons (Fsp3) is 0.455. The van der Waals surface area contributed by atoms with E-state index >= 15 is 0 Å². The fourth-order valence-corrected chi connectivity index (χ4v) is 2.14. The molecule has 0 saturated carbocycles. The van der Waals surface area contributed by atoms with Crippen LogP contribution in [0.15, 0.2) is 24.3 Å². The fourth-order valence-electron chi connectivity index (χ4n) is 1.63. The molecule has 0 bridgehead atoms. The highest BCUT2D eigenvalue weighted by Crippen LogP contribution is 2.46. The van der Waals surface area contributed by atoms with Gasteiger partial charge in [0.25, 0.3) is 0 Å². The molecule has 0 N–H and O–H groups in total. The Morgan fingerprint density at radius 1 is 0.952 bits per heavy atom. The van der Waals surface area contributed by atoms with E-state index in [1.54, 1.807) is 0 Å². The summed E-state index contributed by atoms with van der Waals surface area (Å²) in [6.45, 7) is 0. The lowest BCUT2D eigenvalue weighted by Crippen LogP contribution is -2.34. The summed E-state index contributed by atoms with van der Waals surface area (Å²) in [6.07, 6.45) is -10.1. The lowest BCUT2D eigenvalue weighted by atomic mass is 9.97. The molecule has 1 aromatic carbocycles. The Morgan fingerprint density at radius 2 is 1.33 bits per heavy atom. The first-order valence-corrected chi connectivity index (χ1v) is 7.26. The Kier molecular flexibility index (Phi) is 4.52. The Morgan fingerprint density at radius 3 is 1.62 bits per heavy atom. The molecule has 0 atom stereocenters. The lowest BCUT2D eigenvalue weighted by molar-refractivity contribution is -0.253. The predicted molar refractivity (Wildman–Crippen MR) is 64.5 cm³/mol. The van der Waals surface area contributed by atoms with Crippen LogP contribution >= 0.6 is 0 Å². The molecule has 0 spiro atoms. The second-order valence-electron chi connectivity index (χ2n) is 4.34. The van der Waals surface area contributed by atoms with Crippen molar-refractivity contribution in [3.63, 3.8) is 0 Å². The molecule has 0 unspecified atom stereocenters. The van der Waals surface area contributed by atoms with Crippen molar-refractivity contribution in [1.82, 2.24) is 0 Å². The van der Waals surface area contributed by atoms with E-state index in [9.17, 15) is 34.8 Å². The summed E-state index contributed by atoms with van der Waals surface area (Å²) in [6, 6.07) is 3.01. The molecule has 0 aliphatic heterocycles. The molecule has 0 aliphatic rings. The van der Waals surface area contributed by atoms with Gasteiger partial charge in [0, 0.05) is 7.05 Å². The van der Waals surface area contributed by atoms with Crippen LogP contribution in [0.25, 0.3) is 0 Å². The highest BCUT2D eigenvalue weighted by Gasteiger charge is 2.57. The van der Waals surface area contributed by atoms with Gasteiger partial charge in [-0.1, -0.05) is 12.1 Å². The second kappa shape index (κ2) is 5.39. The normalized spacial score (nSPS) is 13.6. The molecule has 1 rings (SSSR count). The predicted octanol–water partition coefficient (Wildman–Crippen LogP) is 3.29. The van der Waals surface area contributed by atoms with Crippen LogP contribution in [-0.2, 0) is 10.0 Å². The van der Waals surface area contributed by atoms with E-state index in [1.807, 2.05) is 0 Å². The Hall–Kier alpha value is -1.45. The molecular weight excluding hydrogens is 324 g/mol. The minimum Gasteiger partial charge on any atom is -0.274 e. The van der Waals surface area contributed by atoms with Crippen LogP contribution in [-0.4, -0.2) is 34.1 Å². The summed E-state index contributed by atoms with van der Waals surface area (Å²) in [5.41, 5.74) is -1.04. The number of sulfonamides is 1. The monoisotopic (exact) mass is 335 g/mol. The summed E-state index contributed by atoms with van der Waals surface area (Å²) in [4.78, 5) is 0. The standard InChI is InChI=1S/C11H11F6NO2S/c1-18(21(2,19)20)8-5-3-7(4-6-8)9(10(12,13)14)11(15,16)17/h3-6,9H,1-2H3. The van der Waals surface area contributed by atoms with Gasteiger partial charge in [-0.15, -0.1) is 0 Å². The summed E-state index contributed by atoms with van der Waals surface area (Å²) in [5, 5.41) is 0. The number of halogens is 6. The molecule has 1 aromatic rings. The van der Waals surface area contributed by atoms with E-state index < -0.39 is 33.9 Å². The molecule has 0 fully saturated rings. The van der Waals surface area contributed by atoms with Crippen molar-refractivity contribution in [1.29, 1.82) is 0 Å². The lowest BCUT2D eigenvalue weighted by Gasteiger charge is -2.24. The SMILES string of the molecule is CN(c1ccc(C(C(F)(F)F)C(F)(F)F)cc1)S(C)(=O)=O. The molecule has 0 saturated heterocycles. The third kappa shape index (κ3) is 4.26. The number of hydrogen-bond donors (Lipinski definition) is 0. The van der Waals surface area contributed by atoms with Gasteiger partial charge in [0.05, 0.1) is 11.9 Å². The Bertz CT molecular complexity index is 577. The van der Waals surface area contributed by atoms with Crippen molar-refractivity contribution in [3.8, 4) is 0 Å². The van der Waals surface area contributed by atoms with Gasteiger partial charge >= 0.3 is 12.4 Å². The number of hydrogen-bond acceptors (Lipinski definition) is 2. The third-order valence-corrected chi connectivity index (χ3v) is 3.95. The Labute approximate surface area is 117 Å². The molecule has 0 aromatic heterocycles. The van der Waals surface area contributed by atoms with E-state index in [2.05, 4.69) is 0 Å². The highest BCUT2D eigenvalue weighted by molar-refractivity contribution is 7.92. The van der Waals surface area contributed by atoms with Gasteiger partial charge in [-0.05, 0) is 17.7 Å². The number of rotatable bonds is 3. The molecule has 10 heteroatoms. The number of anilines is 1. The maximum atomic E-state index is 12.5. The van der Waals surface area contributed by atoms with Crippen LogP contribution in [0.2, 0.25) is 0 Å². The van der Waals surface area contributed by atoms with Crippen LogP contribution in [0.3, 0.4) is 0 Å². The first kappa shape index (κ1) is 17.6. The number of benzene rings is 1. The molecule has 0 radical (unpaired) electrons. The zero-order valence-corrected chi connectivity index (χ0v) is 11.6. The topological polar surface area (TPSA) is 37.4 Å². The summed E-state index contributed by atoms with van der Waals surface area (Å²) < 4.78 is 98.4. The van der Waals surface area contributed by atoms with Crippen molar-refractivity contribution in [2.45, 2.75) is 18.3 Å². The van der Waals surface area contributed by atoms with Gasteiger partial charge in [-0.3, -0.25) is 4.31 Å². The zero-order chi connectivity index (χ0) is 16.6. The van der Waals surface area contributed by atoms with Gasteiger partial charge in [0.1, 0.15) is 0 Å². The molecular formula is C11H11F6NO2S. The molecule has 120 valence electrons. The summed E-state index contributed by atoms with van der Waals surface area (Å²) >= 11 is 0. The molecule has 21 heavy (non-hydrogen) atoms. The highest BCUT2D eigenvalue weighted by atomic mass is 32.2. The van der Waals surface area contributed by atoms with Gasteiger partial charge in [-0.25, -0.2) is 8.42 Å². The summed E-state index contributed by atoms with van der Waals surface area (Å²) in [7, 11) is -2.52. The van der Waals surface area contributed by atoms with E-state index in [1.165, 1.54) is 0 Å². The second-order valence-corrected chi connectivity index (χ2v) is 6.35. The molecule has 0 heterocycles. The smallest absolute Gasteiger partial charge is 0.274 e. The van der Waals surface area contributed by atoms with Crippen LogP contribution < -0.4 is 4.31 Å². The average Bonchev–Trinajstić information content (AvgIpc) is 2.24. The summed E-state index contributed by atoms with van der Waals surface area (Å²) in [5.74, 6) is -3.61. The first-order chi connectivity index (χ1) is 9.24. The zero-order valence-electron chi connectivity index (χ0n) is 10.8. The van der Waals surface area contributed by atoms with E-state index in [0.717, 1.165) is 29.7 Å². The average molecular weight is 335 g/mol. The van der Waals surface area contributed by atoms with Gasteiger partial charge < -0.3 is 0 Å². The maximum Gasteiger partial charge on any atom is 0.404 e. The van der Waals surface area contributed by atoms with Crippen molar-refractivity contribution in [2.75, 3.05) is 17.6 Å². The number of alkyl halides is 6. The van der Waals surface area contributed by atoms with Crippen molar-refractivity contribution >= 4 is 15.7 Å². The van der Waals surface area contributed by atoms with E-state index in [-0.39, 0.29) is 5.69 Å². The van der Waals surface area contributed by atoms with Crippen LogP contribution in [0, 0.1) is 0 Å². The third-order valence-electron chi connectivity index (χ3n) is 2.74. The minimum absolute atomic E-state index is 0.0376. The first-order valence-electron chi connectivity index (χ1n) is 5.42. The van der Waals surface area contributed by atoms with Crippen molar-refractivity contribution in [3.05, 3.63) is 29.8 Å². The Balaban J connectivity index is 3.22. The molecule has 3 nitrogen and oxygen atoms in total. The largest absolute Gasteiger partial charge is 0.404 e. The number of nitrogens with zero attached hydrogens (tertiary/aromatic N) is 1. The van der Waals surface area contributed by atoms with Crippen LogP contribution in [0.4, 0.5) is 32.0 Å². The van der Waals surface area contributed by atoms with Crippen LogP contribution in [0.1, 0.15) is 11.5 Å². The maximum absolute atomic E-state index is 12.5. The van der Waals surface area contributed by atoms with Gasteiger partial charge in [0.15, 0.2) is 5.92 Å². The van der Waals surface area contributed by atoms with Crippen LogP contribution in [0.5, 0.6) is 0 Å². The van der Waals surface area contributed by atoms with E-state index in [4.69, 9.17) is 0 Å². The van der Waals surface area contributed by atoms with Crippen molar-refractivity contribution < 1.29 is 34.8 Å². The quantitative estimate of drug-likeness (QED) is 0.795. The van der Waals surface area contributed by atoms with Crippen molar-refractivity contribution in [2.24, 2.45) is 0 Å².